The Hall–Kier alpha value is -2.59. The predicted molar refractivity (Wildman–Crippen MR) is 86.7 cm³/mol. The maximum atomic E-state index is 12.0. The van der Waals surface area contributed by atoms with E-state index in [0.717, 1.165) is 5.56 Å². The Balaban J connectivity index is 2.11. The Morgan fingerprint density at radius 2 is 1.91 bits per heavy atom. The summed E-state index contributed by atoms with van der Waals surface area (Å²) in [4.78, 5) is 22.9. The average Bonchev–Trinajstić information content (AvgIpc) is 2.48. The smallest absolute Gasteiger partial charge is 0.335 e. The van der Waals surface area contributed by atoms with Crippen LogP contribution in [0.25, 0.3) is 0 Å². The van der Waals surface area contributed by atoms with E-state index in [2.05, 4.69) is 5.32 Å². The van der Waals surface area contributed by atoms with Crippen molar-refractivity contribution in [3.63, 3.8) is 0 Å². The molecule has 5 heteroatoms. The molecule has 112 valence electrons. The van der Waals surface area contributed by atoms with Gasteiger partial charge in [-0.3, -0.25) is 4.79 Å². The maximum absolute atomic E-state index is 12.0. The molecule has 2 aromatic carbocycles. The second-order valence-corrected chi connectivity index (χ2v) is 5.12. The maximum Gasteiger partial charge on any atom is 0.335 e. The van der Waals surface area contributed by atoms with Crippen molar-refractivity contribution in [3.05, 3.63) is 76.5 Å². The van der Waals surface area contributed by atoms with Gasteiger partial charge in [-0.05, 0) is 31.2 Å². The number of rotatable bonds is 5. The minimum Gasteiger partial charge on any atom is -0.478 e. The van der Waals surface area contributed by atoms with Gasteiger partial charge in [-0.25, -0.2) is 4.79 Å². The van der Waals surface area contributed by atoms with Crippen LogP contribution in [0.1, 0.15) is 26.3 Å². The van der Waals surface area contributed by atoms with Gasteiger partial charge in [0.15, 0.2) is 5.78 Å². The van der Waals surface area contributed by atoms with E-state index in [4.69, 9.17) is 16.7 Å². The van der Waals surface area contributed by atoms with Gasteiger partial charge in [0, 0.05) is 17.8 Å². The number of hydrogen-bond donors (Lipinski definition) is 2. The number of anilines is 1. The van der Waals surface area contributed by atoms with Gasteiger partial charge in [0.2, 0.25) is 0 Å². The zero-order chi connectivity index (χ0) is 16.1. The predicted octanol–water partition coefficient (Wildman–Crippen LogP) is 4.16. The van der Waals surface area contributed by atoms with E-state index in [1.165, 1.54) is 30.5 Å². The van der Waals surface area contributed by atoms with Gasteiger partial charge in [-0.1, -0.05) is 35.4 Å². The zero-order valence-electron chi connectivity index (χ0n) is 11.8. The molecule has 2 rings (SSSR count). The molecular formula is C17H14ClNO3. The molecule has 0 heterocycles. The van der Waals surface area contributed by atoms with Crippen LogP contribution in [-0.4, -0.2) is 16.9 Å². The molecule has 0 atom stereocenters. The summed E-state index contributed by atoms with van der Waals surface area (Å²) in [6.45, 7) is 1.91. The Morgan fingerprint density at radius 3 is 2.59 bits per heavy atom. The first kappa shape index (κ1) is 15.8. The number of carbonyl (C=O) groups is 2. The monoisotopic (exact) mass is 315 g/mol. The molecule has 0 bridgehead atoms. The molecule has 0 fully saturated rings. The number of nitrogens with one attached hydrogen (secondary N) is 1. The Kier molecular flexibility index (Phi) is 4.96. The molecule has 22 heavy (non-hydrogen) atoms. The molecule has 2 aromatic rings. The molecule has 0 radical (unpaired) electrons. The van der Waals surface area contributed by atoms with E-state index in [-0.39, 0.29) is 11.3 Å². The minimum absolute atomic E-state index is 0.116. The molecule has 0 amide bonds. The molecule has 4 nitrogen and oxygen atoms in total. The molecule has 0 unspecified atom stereocenters. The van der Waals surface area contributed by atoms with Crippen molar-refractivity contribution in [1.82, 2.24) is 0 Å². The summed E-state index contributed by atoms with van der Waals surface area (Å²) < 4.78 is 0. The number of carboxylic acids is 1. The number of allylic oxidation sites excluding steroid dienone is 1. The minimum atomic E-state index is -1.04. The quantitative estimate of drug-likeness (QED) is 0.642. The topological polar surface area (TPSA) is 66.4 Å². The number of benzene rings is 2. The van der Waals surface area contributed by atoms with Crippen molar-refractivity contribution in [2.24, 2.45) is 0 Å². The van der Waals surface area contributed by atoms with E-state index in [1.54, 1.807) is 12.1 Å². The highest BCUT2D eigenvalue weighted by molar-refractivity contribution is 6.33. The normalized spacial score (nSPS) is 10.6. The van der Waals surface area contributed by atoms with Gasteiger partial charge >= 0.3 is 5.97 Å². The van der Waals surface area contributed by atoms with Crippen molar-refractivity contribution >= 4 is 29.0 Å². The molecular weight excluding hydrogens is 302 g/mol. The summed E-state index contributed by atoms with van der Waals surface area (Å²) in [6.07, 6.45) is 2.82. The lowest BCUT2D eigenvalue weighted by atomic mass is 10.1. The van der Waals surface area contributed by atoms with Crippen LogP contribution in [0, 0.1) is 6.92 Å². The van der Waals surface area contributed by atoms with Crippen LogP contribution in [0.15, 0.2) is 54.7 Å². The summed E-state index contributed by atoms with van der Waals surface area (Å²) in [5, 5.41) is 12.1. The Morgan fingerprint density at radius 1 is 1.14 bits per heavy atom. The molecule has 0 saturated heterocycles. The van der Waals surface area contributed by atoms with Crippen LogP contribution in [0.4, 0.5) is 5.69 Å². The molecule has 0 spiro atoms. The molecule has 0 saturated carbocycles. The summed E-state index contributed by atoms with van der Waals surface area (Å²) in [7, 11) is 0. The van der Waals surface area contributed by atoms with Crippen molar-refractivity contribution in [2.75, 3.05) is 5.32 Å². The fourth-order valence-corrected chi connectivity index (χ4v) is 2.04. The SMILES string of the molecule is Cc1cccc(C(=O)/C=C\Nc2cc(C(=O)O)ccc2Cl)c1. The van der Waals surface area contributed by atoms with Crippen LogP contribution in [-0.2, 0) is 0 Å². The van der Waals surface area contributed by atoms with Gasteiger partial charge in [-0.2, -0.15) is 0 Å². The first-order chi connectivity index (χ1) is 10.5. The van der Waals surface area contributed by atoms with E-state index in [0.29, 0.717) is 16.3 Å². The molecule has 0 aliphatic carbocycles. The van der Waals surface area contributed by atoms with E-state index < -0.39 is 5.97 Å². The van der Waals surface area contributed by atoms with Crippen molar-refractivity contribution in [1.29, 1.82) is 0 Å². The van der Waals surface area contributed by atoms with Crippen LogP contribution in [0.2, 0.25) is 5.02 Å². The van der Waals surface area contributed by atoms with E-state index in [1.807, 2.05) is 19.1 Å². The van der Waals surface area contributed by atoms with Gasteiger partial charge in [0.1, 0.15) is 0 Å². The fourth-order valence-electron chi connectivity index (χ4n) is 1.87. The summed E-state index contributed by atoms with van der Waals surface area (Å²) >= 11 is 5.98. The van der Waals surface area contributed by atoms with Crippen molar-refractivity contribution in [2.45, 2.75) is 6.92 Å². The Labute approximate surface area is 133 Å². The largest absolute Gasteiger partial charge is 0.478 e. The first-order valence-electron chi connectivity index (χ1n) is 6.54. The van der Waals surface area contributed by atoms with Crippen LogP contribution in [0.5, 0.6) is 0 Å². The standard InChI is InChI=1S/C17H14ClNO3/c1-11-3-2-4-12(9-11)16(20)7-8-19-15-10-13(17(21)22)5-6-14(15)18/h2-10,19H,1H3,(H,21,22)/b8-7-. The third-order valence-electron chi connectivity index (χ3n) is 2.99. The highest BCUT2D eigenvalue weighted by Gasteiger charge is 2.06. The summed E-state index contributed by atoms with van der Waals surface area (Å²) in [6, 6.07) is 11.6. The third-order valence-corrected chi connectivity index (χ3v) is 3.32. The Bertz CT molecular complexity index is 753. The first-order valence-corrected chi connectivity index (χ1v) is 6.92. The van der Waals surface area contributed by atoms with Gasteiger partial charge in [-0.15, -0.1) is 0 Å². The second-order valence-electron chi connectivity index (χ2n) is 4.71. The molecule has 0 aromatic heterocycles. The molecule has 2 N–H and O–H groups in total. The van der Waals surface area contributed by atoms with Gasteiger partial charge in [0.25, 0.3) is 0 Å². The van der Waals surface area contributed by atoms with Gasteiger partial charge < -0.3 is 10.4 Å². The zero-order valence-corrected chi connectivity index (χ0v) is 12.6. The lowest BCUT2D eigenvalue weighted by molar-refractivity contribution is 0.0696. The summed E-state index contributed by atoms with van der Waals surface area (Å²) in [5.74, 6) is -1.19. The highest BCUT2D eigenvalue weighted by atomic mass is 35.5. The third kappa shape index (κ3) is 3.96. The lowest BCUT2D eigenvalue weighted by Crippen LogP contribution is -1.99. The number of aryl methyl sites for hydroxylation is 1. The van der Waals surface area contributed by atoms with Crippen LogP contribution < -0.4 is 5.32 Å². The van der Waals surface area contributed by atoms with E-state index >= 15 is 0 Å². The van der Waals surface area contributed by atoms with Crippen LogP contribution in [0.3, 0.4) is 0 Å². The van der Waals surface area contributed by atoms with E-state index in [9.17, 15) is 9.59 Å². The number of hydrogen-bond acceptors (Lipinski definition) is 3. The average molecular weight is 316 g/mol. The highest BCUT2D eigenvalue weighted by Crippen LogP contribution is 2.23. The second kappa shape index (κ2) is 6.91. The van der Waals surface area contributed by atoms with Crippen molar-refractivity contribution < 1.29 is 14.7 Å². The number of carboxylic acid groups (broad SMARTS) is 1. The molecule has 0 aliphatic rings. The number of halogens is 1. The van der Waals surface area contributed by atoms with Gasteiger partial charge in [0.05, 0.1) is 16.3 Å². The summed E-state index contributed by atoms with van der Waals surface area (Å²) in [5.41, 5.74) is 2.13. The van der Waals surface area contributed by atoms with Crippen LogP contribution >= 0.6 is 11.6 Å². The number of carbonyl (C=O) groups excluding carboxylic acids is 1. The molecule has 0 aliphatic heterocycles. The number of ketones is 1. The lowest BCUT2D eigenvalue weighted by Gasteiger charge is -2.05. The number of aromatic carboxylic acids is 1. The fraction of sp³-hybridized carbons (Fsp3) is 0.0588. The van der Waals surface area contributed by atoms with Crippen molar-refractivity contribution in [3.8, 4) is 0 Å².